The lowest BCUT2D eigenvalue weighted by atomic mass is 10.1. The number of hydrogen-bond acceptors (Lipinski definition) is 4. The van der Waals surface area contributed by atoms with Crippen LogP contribution in [0, 0.1) is 0 Å². The fourth-order valence-electron chi connectivity index (χ4n) is 3.87. The van der Waals surface area contributed by atoms with Crippen molar-refractivity contribution in [1.82, 2.24) is 9.88 Å². The SMILES string of the molecule is O=C(CSCCN1CCCCCC1)Nc1c2ccccc2nc2ccccc12. The second-order valence-electron chi connectivity index (χ2n) is 7.38. The predicted molar refractivity (Wildman–Crippen MR) is 120 cm³/mol. The molecule has 3 aromatic rings. The average molecular weight is 394 g/mol. The first-order chi connectivity index (χ1) is 13.8. The Morgan fingerprint density at radius 2 is 1.54 bits per heavy atom. The minimum atomic E-state index is 0.0578. The van der Waals surface area contributed by atoms with Gasteiger partial charge < -0.3 is 10.2 Å². The number of amides is 1. The zero-order valence-electron chi connectivity index (χ0n) is 16.2. The number of nitrogens with zero attached hydrogens (tertiary/aromatic N) is 2. The topological polar surface area (TPSA) is 45.2 Å². The molecule has 2 heterocycles. The maximum atomic E-state index is 12.6. The number of benzene rings is 2. The van der Waals surface area contributed by atoms with Gasteiger partial charge in [0.05, 0.1) is 22.5 Å². The molecule has 0 aliphatic carbocycles. The Labute approximate surface area is 170 Å². The van der Waals surface area contributed by atoms with Gasteiger partial charge in [-0.25, -0.2) is 4.98 Å². The van der Waals surface area contributed by atoms with E-state index in [0.29, 0.717) is 5.75 Å². The predicted octanol–water partition coefficient (Wildman–Crippen LogP) is 4.94. The van der Waals surface area contributed by atoms with Crippen LogP contribution >= 0.6 is 11.8 Å². The molecule has 0 unspecified atom stereocenters. The highest BCUT2D eigenvalue weighted by Crippen LogP contribution is 2.30. The molecular weight excluding hydrogens is 366 g/mol. The van der Waals surface area contributed by atoms with Crippen LogP contribution < -0.4 is 5.32 Å². The molecule has 0 atom stereocenters. The van der Waals surface area contributed by atoms with Gasteiger partial charge in [-0.2, -0.15) is 11.8 Å². The summed E-state index contributed by atoms with van der Waals surface area (Å²) in [6.07, 6.45) is 5.35. The normalized spacial score (nSPS) is 15.6. The van der Waals surface area contributed by atoms with E-state index in [-0.39, 0.29) is 5.91 Å². The van der Waals surface area contributed by atoms with Crippen molar-refractivity contribution < 1.29 is 4.79 Å². The second kappa shape index (κ2) is 9.39. The molecule has 1 fully saturated rings. The number of nitrogens with one attached hydrogen (secondary N) is 1. The summed E-state index contributed by atoms with van der Waals surface area (Å²) in [7, 11) is 0. The summed E-state index contributed by atoms with van der Waals surface area (Å²) in [6.45, 7) is 3.50. The van der Waals surface area contributed by atoms with Gasteiger partial charge in [-0.3, -0.25) is 4.79 Å². The summed E-state index contributed by atoms with van der Waals surface area (Å²) < 4.78 is 0. The molecule has 5 heteroatoms. The molecule has 0 bridgehead atoms. The van der Waals surface area contributed by atoms with E-state index in [9.17, 15) is 4.79 Å². The number of carbonyl (C=O) groups is 1. The minimum absolute atomic E-state index is 0.0578. The Hall–Kier alpha value is -2.11. The fourth-order valence-corrected chi connectivity index (χ4v) is 4.66. The number of likely N-dealkylation sites (tertiary alicyclic amines) is 1. The number of para-hydroxylation sites is 2. The van der Waals surface area contributed by atoms with Crippen LogP contribution in [-0.2, 0) is 4.79 Å². The van der Waals surface area contributed by atoms with E-state index in [1.54, 1.807) is 11.8 Å². The Kier molecular flexibility index (Phi) is 6.45. The van der Waals surface area contributed by atoms with Crippen molar-refractivity contribution in [1.29, 1.82) is 0 Å². The maximum Gasteiger partial charge on any atom is 0.234 e. The van der Waals surface area contributed by atoms with Crippen LogP contribution in [0.5, 0.6) is 0 Å². The van der Waals surface area contributed by atoms with Gasteiger partial charge in [0.25, 0.3) is 0 Å². The Bertz CT molecular complexity index is 897. The lowest BCUT2D eigenvalue weighted by Crippen LogP contribution is -2.27. The zero-order valence-corrected chi connectivity index (χ0v) is 17.0. The van der Waals surface area contributed by atoms with Gasteiger partial charge in [0.15, 0.2) is 0 Å². The quantitative estimate of drug-likeness (QED) is 0.476. The summed E-state index contributed by atoms with van der Waals surface area (Å²) >= 11 is 1.72. The van der Waals surface area contributed by atoms with Crippen LogP contribution in [0.15, 0.2) is 48.5 Å². The van der Waals surface area contributed by atoms with E-state index in [0.717, 1.165) is 39.8 Å². The Morgan fingerprint density at radius 3 is 2.18 bits per heavy atom. The first-order valence-corrected chi connectivity index (χ1v) is 11.3. The smallest absolute Gasteiger partial charge is 0.234 e. The van der Waals surface area contributed by atoms with Crippen LogP contribution in [0.2, 0.25) is 0 Å². The second-order valence-corrected chi connectivity index (χ2v) is 8.48. The molecular formula is C23H27N3OS. The van der Waals surface area contributed by atoms with Gasteiger partial charge in [0, 0.05) is 23.1 Å². The monoisotopic (exact) mass is 393 g/mol. The molecule has 28 heavy (non-hydrogen) atoms. The molecule has 2 aromatic carbocycles. The average Bonchev–Trinajstić information content (AvgIpc) is 3.00. The largest absolute Gasteiger partial charge is 0.324 e. The standard InChI is InChI=1S/C23H27N3OS/c27-22(17-28-16-15-26-13-7-1-2-8-14-26)25-23-18-9-3-5-11-20(18)24-21-12-6-4-10-19(21)23/h3-6,9-12H,1-2,7-8,13-17H2,(H,24,25,27). The third-order valence-corrected chi connectivity index (χ3v) is 6.27. The molecule has 0 saturated carbocycles. The molecule has 0 spiro atoms. The number of rotatable bonds is 6. The highest BCUT2D eigenvalue weighted by Gasteiger charge is 2.12. The summed E-state index contributed by atoms with van der Waals surface area (Å²) in [5.74, 6) is 1.55. The summed E-state index contributed by atoms with van der Waals surface area (Å²) in [4.78, 5) is 19.9. The van der Waals surface area contributed by atoms with Crippen LogP contribution in [0.25, 0.3) is 21.8 Å². The maximum absolute atomic E-state index is 12.6. The molecule has 146 valence electrons. The molecule has 1 aliphatic rings. The lowest BCUT2D eigenvalue weighted by Gasteiger charge is -2.19. The third-order valence-electron chi connectivity index (χ3n) is 5.34. The first kappa shape index (κ1) is 19.2. The Balaban J connectivity index is 1.40. The summed E-state index contributed by atoms with van der Waals surface area (Å²) in [6, 6.07) is 16.0. The van der Waals surface area contributed by atoms with Gasteiger partial charge in [-0.1, -0.05) is 49.2 Å². The van der Waals surface area contributed by atoms with Gasteiger partial charge >= 0.3 is 0 Å². The van der Waals surface area contributed by atoms with E-state index in [4.69, 9.17) is 4.98 Å². The van der Waals surface area contributed by atoms with E-state index in [1.165, 1.54) is 38.8 Å². The Morgan fingerprint density at radius 1 is 0.929 bits per heavy atom. The molecule has 1 aromatic heterocycles. The number of aromatic nitrogens is 1. The van der Waals surface area contributed by atoms with Crippen molar-refractivity contribution in [2.24, 2.45) is 0 Å². The van der Waals surface area contributed by atoms with E-state index >= 15 is 0 Å². The molecule has 4 rings (SSSR count). The van der Waals surface area contributed by atoms with Gasteiger partial charge in [-0.15, -0.1) is 0 Å². The highest BCUT2D eigenvalue weighted by atomic mass is 32.2. The van der Waals surface area contributed by atoms with Crippen molar-refractivity contribution in [3.63, 3.8) is 0 Å². The number of thioether (sulfide) groups is 1. The first-order valence-electron chi connectivity index (χ1n) is 10.2. The minimum Gasteiger partial charge on any atom is -0.324 e. The van der Waals surface area contributed by atoms with Crippen molar-refractivity contribution in [3.05, 3.63) is 48.5 Å². The molecule has 1 saturated heterocycles. The molecule has 1 aliphatic heterocycles. The highest BCUT2D eigenvalue weighted by molar-refractivity contribution is 7.99. The van der Waals surface area contributed by atoms with E-state index in [1.807, 2.05) is 48.5 Å². The number of hydrogen-bond donors (Lipinski definition) is 1. The van der Waals surface area contributed by atoms with E-state index < -0.39 is 0 Å². The van der Waals surface area contributed by atoms with Crippen molar-refractivity contribution in [2.45, 2.75) is 25.7 Å². The van der Waals surface area contributed by atoms with Crippen molar-refractivity contribution in [2.75, 3.05) is 36.5 Å². The third kappa shape index (κ3) is 4.65. The van der Waals surface area contributed by atoms with Crippen LogP contribution in [-0.4, -0.2) is 46.9 Å². The lowest BCUT2D eigenvalue weighted by molar-refractivity contribution is -0.113. The van der Waals surface area contributed by atoms with Crippen LogP contribution in [0.1, 0.15) is 25.7 Å². The van der Waals surface area contributed by atoms with Crippen molar-refractivity contribution in [3.8, 4) is 0 Å². The van der Waals surface area contributed by atoms with Gasteiger partial charge in [-0.05, 0) is 38.1 Å². The van der Waals surface area contributed by atoms with Gasteiger partial charge in [0.2, 0.25) is 5.91 Å². The molecule has 4 nitrogen and oxygen atoms in total. The molecule has 1 N–H and O–H groups in total. The van der Waals surface area contributed by atoms with Crippen LogP contribution in [0.3, 0.4) is 0 Å². The molecule has 1 amide bonds. The van der Waals surface area contributed by atoms with E-state index in [2.05, 4.69) is 10.2 Å². The number of carbonyl (C=O) groups excluding carboxylic acids is 1. The fraction of sp³-hybridized carbons (Fsp3) is 0.391. The summed E-state index contributed by atoms with van der Waals surface area (Å²) in [5, 5.41) is 5.14. The van der Waals surface area contributed by atoms with Crippen molar-refractivity contribution >= 4 is 45.2 Å². The van der Waals surface area contributed by atoms with Crippen LogP contribution in [0.4, 0.5) is 5.69 Å². The number of anilines is 1. The molecule has 0 radical (unpaired) electrons. The van der Waals surface area contributed by atoms with Gasteiger partial charge in [0.1, 0.15) is 0 Å². The number of fused-ring (bicyclic) bond motifs is 2. The zero-order chi connectivity index (χ0) is 19.2. The number of pyridine rings is 1. The summed E-state index contributed by atoms with van der Waals surface area (Å²) in [5.41, 5.74) is 2.69.